The summed E-state index contributed by atoms with van der Waals surface area (Å²) >= 11 is 0. The van der Waals surface area contributed by atoms with Crippen molar-refractivity contribution in [2.45, 2.75) is 52.9 Å². The van der Waals surface area contributed by atoms with Gasteiger partial charge >= 0.3 is 5.97 Å². The molecule has 3 rings (SSSR count). The van der Waals surface area contributed by atoms with Crippen molar-refractivity contribution in [3.63, 3.8) is 0 Å². The van der Waals surface area contributed by atoms with Gasteiger partial charge in [0.2, 0.25) is 0 Å². The number of carbonyl (C=O) groups excluding carboxylic acids is 2. The molecule has 0 bridgehead atoms. The number of ether oxygens (including phenoxy) is 3. The molecule has 0 radical (unpaired) electrons. The molecule has 0 amide bonds. The van der Waals surface area contributed by atoms with Crippen LogP contribution in [0.3, 0.4) is 0 Å². The third-order valence-corrected chi connectivity index (χ3v) is 5.94. The Hall–Kier alpha value is -3.36. The Balaban J connectivity index is 2.32. The molecule has 1 aromatic rings. The van der Waals surface area contributed by atoms with Gasteiger partial charge < -0.3 is 19.5 Å². The second-order valence-corrected chi connectivity index (χ2v) is 9.09. The molecule has 1 aliphatic heterocycles. The smallest absolute Gasteiger partial charge is 0.336 e. The number of esters is 1. The molecular weight excluding hydrogens is 428 g/mol. The number of benzene rings is 1. The second kappa shape index (κ2) is 9.25. The summed E-state index contributed by atoms with van der Waals surface area (Å²) in [5, 5.41) is 15.3. The lowest BCUT2D eigenvalue weighted by Gasteiger charge is -2.39. The van der Waals surface area contributed by atoms with Crippen molar-refractivity contribution in [1.82, 2.24) is 5.32 Å². The van der Waals surface area contributed by atoms with Gasteiger partial charge in [-0.25, -0.2) is 4.79 Å². The summed E-state index contributed by atoms with van der Waals surface area (Å²) in [5.41, 5.74) is 1.37. The molecule has 1 N–H and O–H groups in total. The van der Waals surface area contributed by atoms with Gasteiger partial charge in [-0.05, 0) is 31.2 Å². The van der Waals surface area contributed by atoms with Gasteiger partial charge in [0.05, 0.1) is 43.3 Å². The van der Waals surface area contributed by atoms with Gasteiger partial charge in [-0.15, -0.1) is 0 Å². The lowest BCUT2D eigenvalue weighted by molar-refractivity contribution is -0.385. The number of ketones is 1. The van der Waals surface area contributed by atoms with Crippen LogP contribution in [0.25, 0.3) is 0 Å². The van der Waals surface area contributed by atoms with E-state index in [2.05, 4.69) is 5.32 Å². The molecule has 2 aliphatic rings. The quantitative estimate of drug-likeness (QED) is 0.368. The van der Waals surface area contributed by atoms with E-state index in [9.17, 15) is 19.7 Å². The Morgan fingerprint density at radius 1 is 1.21 bits per heavy atom. The molecule has 9 nitrogen and oxygen atoms in total. The van der Waals surface area contributed by atoms with Gasteiger partial charge in [0.25, 0.3) is 5.69 Å². The van der Waals surface area contributed by atoms with Gasteiger partial charge in [0.1, 0.15) is 0 Å². The molecule has 178 valence electrons. The predicted octanol–water partition coefficient (Wildman–Crippen LogP) is 4.17. The van der Waals surface area contributed by atoms with E-state index < -0.39 is 16.8 Å². The number of Topliss-reactive ketones (excluding diaryl/α,β-unsaturated/α-hetero) is 1. The molecule has 1 heterocycles. The number of dihydropyridines is 1. The van der Waals surface area contributed by atoms with Gasteiger partial charge in [-0.1, -0.05) is 20.8 Å². The molecule has 0 spiro atoms. The molecule has 1 aromatic carbocycles. The van der Waals surface area contributed by atoms with Crippen LogP contribution in [0.15, 0.2) is 34.7 Å². The minimum absolute atomic E-state index is 0.156. The van der Waals surface area contributed by atoms with E-state index in [1.807, 2.05) is 20.8 Å². The Bertz CT molecular complexity index is 1070. The summed E-state index contributed by atoms with van der Waals surface area (Å²) < 4.78 is 16.1. The maximum atomic E-state index is 13.4. The summed E-state index contributed by atoms with van der Waals surface area (Å²) in [5.74, 6) is -1.28. The average Bonchev–Trinajstić information content (AvgIpc) is 2.74. The first-order chi connectivity index (χ1) is 15.5. The topological polar surface area (TPSA) is 117 Å². The zero-order valence-electron chi connectivity index (χ0n) is 19.9. The maximum Gasteiger partial charge on any atom is 0.336 e. The predicted molar refractivity (Wildman–Crippen MR) is 121 cm³/mol. The first-order valence-corrected chi connectivity index (χ1v) is 10.9. The highest BCUT2D eigenvalue weighted by molar-refractivity contribution is 6.04. The van der Waals surface area contributed by atoms with Crippen molar-refractivity contribution in [3.8, 4) is 11.5 Å². The fraction of sp³-hybridized carbons (Fsp3) is 0.500. The van der Waals surface area contributed by atoms with Gasteiger partial charge in [0, 0.05) is 29.0 Å². The standard InChI is InChI=1S/C24H30N2O7/c1-7-8-33-23(28)20-13(2)25-15-11-24(3,4)12-17(27)22(15)21(20)14-9-18(31-5)19(32-6)10-16(14)26(29)30/h9-10,21,25H,7-8,11-12H2,1-6H3/t21-/m1/s1. The first kappa shape index (κ1) is 24.3. The number of carbonyl (C=O) groups is 2. The van der Waals surface area contributed by atoms with Crippen LogP contribution in [0.1, 0.15) is 58.4 Å². The minimum Gasteiger partial charge on any atom is -0.493 e. The lowest BCUT2D eigenvalue weighted by Crippen LogP contribution is -2.39. The fourth-order valence-corrected chi connectivity index (χ4v) is 4.56. The molecule has 1 atom stereocenters. The zero-order valence-corrected chi connectivity index (χ0v) is 19.9. The van der Waals surface area contributed by atoms with E-state index in [0.29, 0.717) is 29.8 Å². The zero-order chi connectivity index (χ0) is 24.5. The Labute approximate surface area is 192 Å². The van der Waals surface area contributed by atoms with Gasteiger partial charge in [0.15, 0.2) is 17.3 Å². The minimum atomic E-state index is -0.964. The lowest BCUT2D eigenvalue weighted by atomic mass is 9.68. The highest BCUT2D eigenvalue weighted by atomic mass is 16.6. The SMILES string of the molecule is CCCOC(=O)C1=C(C)NC2=C(C(=O)CC(C)(C)C2)[C@@H]1c1cc(OC)c(OC)cc1[N+](=O)[O-]. The number of hydrogen-bond donors (Lipinski definition) is 1. The van der Waals surface area contributed by atoms with Crippen LogP contribution in [0.2, 0.25) is 0 Å². The van der Waals surface area contributed by atoms with Crippen molar-refractivity contribution in [2.24, 2.45) is 5.41 Å². The highest BCUT2D eigenvalue weighted by Gasteiger charge is 2.45. The third kappa shape index (κ3) is 4.58. The molecule has 9 heteroatoms. The Kier molecular flexibility index (Phi) is 6.81. The largest absolute Gasteiger partial charge is 0.493 e. The summed E-state index contributed by atoms with van der Waals surface area (Å²) in [7, 11) is 2.81. The van der Waals surface area contributed by atoms with Crippen molar-refractivity contribution in [2.75, 3.05) is 20.8 Å². The second-order valence-electron chi connectivity index (χ2n) is 9.09. The molecule has 33 heavy (non-hydrogen) atoms. The number of hydrogen-bond acceptors (Lipinski definition) is 8. The van der Waals surface area contributed by atoms with Crippen LogP contribution in [0.4, 0.5) is 5.69 Å². The molecule has 0 saturated carbocycles. The van der Waals surface area contributed by atoms with E-state index in [1.165, 1.54) is 26.4 Å². The van der Waals surface area contributed by atoms with Crippen molar-refractivity contribution in [1.29, 1.82) is 0 Å². The summed E-state index contributed by atoms with van der Waals surface area (Å²) in [6, 6.07) is 2.74. The van der Waals surface area contributed by atoms with Gasteiger partial charge in [-0.3, -0.25) is 14.9 Å². The first-order valence-electron chi connectivity index (χ1n) is 10.9. The number of nitrogens with zero attached hydrogens (tertiary/aromatic N) is 1. The monoisotopic (exact) mass is 458 g/mol. The number of nitro groups is 1. The molecule has 0 unspecified atom stereocenters. The normalized spacial score (nSPS) is 19.6. The molecule has 0 aromatic heterocycles. The summed E-state index contributed by atoms with van der Waals surface area (Å²) in [6.45, 7) is 7.78. The number of allylic oxidation sites excluding steroid dienone is 3. The fourth-order valence-electron chi connectivity index (χ4n) is 4.56. The van der Waals surface area contributed by atoms with Crippen molar-refractivity contribution in [3.05, 3.63) is 50.4 Å². The van der Waals surface area contributed by atoms with Crippen LogP contribution in [0.5, 0.6) is 11.5 Å². The number of rotatable bonds is 7. The molecular formula is C24H30N2O7. The van der Waals surface area contributed by atoms with E-state index in [1.54, 1.807) is 6.92 Å². The van der Waals surface area contributed by atoms with E-state index in [0.717, 1.165) is 0 Å². The van der Waals surface area contributed by atoms with Crippen LogP contribution in [-0.2, 0) is 14.3 Å². The van der Waals surface area contributed by atoms with E-state index in [4.69, 9.17) is 14.2 Å². The maximum absolute atomic E-state index is 13.4. The molecule has 0 fully saturated rings. The summed E-state index contributed by atoms with van der Waals surface area (Å²) in [6.07, 6.45) is 1.45. The Morgan fingerprint density at radius 2 is 1.85 bits per heavy atom. The molecule has 0 saturated heterocycles. The average molecular weight is 459 g/mol. The van der Waals surface area contributed by atoms with Gasteiger partial charge in [-0.2, -0.15) is 0 Å². The number of nitro benzene ring substituents is 1. The van der Waals surface area contributed by atoms with E-state index >= 15 is 0 Å². The highest BCUT2D eigenvalue weighted by Crippen LogP contribution is 2.50. The van der Waals surface area contributed by atoms with Crippen LogP contribution >= 0.6 is 0 Å². The number of methoxy groups -OCH3 is 2. The van der Waals surface area contributed by atoms with Crippen LogP contribution in [0, 0.1) is 15.5 Å². The van der Waals surface area contributed by atoms with Crippen molar-refractivity contribution >= 4 is 17.4 Å². The molecule has 1 aliphatic carbocycles. The third-order valence-electron chi connectivity index (χ3n) is 5.94. The van der Waals surface area contributed by atoms with Crippen LogP contribution < -0.4 is 14.8 Å². The van der Waals surface area contributed by atoms with Crippen molar-refractivity contribution < 1.29 is 28.7 Å². The summed E-state index contributed by atoms with van der Waals surface area (Å²) in [4.78, 5) is 38.0. The Morgan fingerprint density at radius 3 is 2.42 bits per heavy atom. The van der Waals surface area contributed by atoms with E-state index in [-0.39, 0.29) is 52.5 Å². The van der Waals surface area contributed by atoms with Crippen LogP contribution in [-0.4, -0.2) is 37.5 Å². The number of nitrogens with one attached hydrogen (secondary N) is 1.